The van der Waals surface area contributed by atoms with Crippen molar-refractivity contribution in [3.63, 3.8) is 0 Å². The number of anilines is 1. The highest BCUT2D eigenvalue weighted by Gasteiger charge is 2.11. The molecule has 0 unspecified atom stereocenters. The Hall–Kier alpha value is -1.59. The number of hydrogen-bond donors (Lipinski definition) is 3. The Kier molecular flexibility index (Phi) is 8.06. The van der Waals surface area contributed by atoms with E-state index in [9.17, 15) is 4.79 Å². The minimum Gasteiger partial charge on any atom is -0.495 e. The number of rotatable bonds is 9. The number of para-hydroxylation sites is 2. The molecule has 0 fully saturated rings. The first-order valence-corrected chi connectivity index (χ1v) is 8.23. The highest BCUT2D eigenvalue weighted by molar-refractivity contribution is 5.92. The summed E-state index contributed by atoms with van der Waals surface area (Å²) in [5.41, 5.74) is 0.863. The van der Waals surface area contributed by atoms with Crippen LogP contribution in [-0.2, 0) is 4.79 Å². The van der Waals surface area contributed by atoms with Crippen molar-refractivity contribution in [1.82, 2.24) is 10.6 Å². The molecule has 0 heterocycles. The van der Waals surface area contributed by atoms with E-state index in [0.717, 1.165) is 19.5 Å². The van der Waals surface area contributed by atoms with Crippen molar-refractivity contribution in [1.29, 1.82) is 0 Å². The lowest BCUT2D eigenvalue weighted by molar-refractivity contribution is -0.116. The molecule has 3 N–H and O–H groups in total. The van der Waals surface area contributed by atoms with E-state index >= 15 is 0 Å². The second kappa shape index (κ2) is 9.53. The minimum atomic E-state index is -0.0117. The molecule has 5 heteroatoms. The van der Waals surface area contributed by atoms with Crippen LogP contribution in [0.1, 0.15) is 40.5 Å². The summed E-state index contributed by atoms with van der Waals surface area (Å²) in [6.07, 6.45) is 1.47. The first-order chi connectivity index (χ1) is 10.8. The third kappa shape index (κ3) is 8.57. The summed E-state index contributed by atoms with van der Waals surface area (Å²) in [5.74, 6) is 0.664. The third-order valence-electron chi connectivity index (χ3n) is 3.37. The van der Waals surface area contributed by atoms with Crippen LogP contribution in [0.15, 0.2) is 24.3 Å². The Labute approximate surface area is 140 Å². The summed E-state index contributed by atoms with van der Waals surface area (Å²) in [5, 5.41) is 9.73. The van der Waals surface area contributed by atoms with Crippen molar-refractivity contribution in [3.8, 4) is 5.75 Å². The summed E-state index contributed by atoms with van der Waals surface area (Å²) < 4.78 is 5.23. The van der Waals surface area contributed by atoms with Crippen LogP contribution >= 0.6 is 0 Å². The first-order valence-electron chi connectivity index (χ1n) is 8.23. The fraction of sp³-hybridized carbons (Fsp3) is 0.611. The van der Waals surface area contributed by atoms with E-state index in [2.05, 4.69) is 36.7 Å². The molecule has 1 amide bonds. The van der Waals surface area contributed by atoms with Crippen molar-refractivity contribution in [2.45, 2.75) is 52.1 Å². The molecule has 0 saturated heterocycles. The maximum Gasteiger partial charge on any atom is 0.226 e. The van der Waals surface area contributed by atoms with Crippen LogP contribution in [0.25, 0.3) is 0 Å². The van der Waals surface area contributed by atoms with E-state index in [1.807, 2.05) is 31.2 Å². The van der Waals surface area contributed by atoms with Gasteiger partial charge in [0.05, 0.1) is 12.8 Å². The van der Waals surface area contributed by atoms with Gasteiger partial charge in [0, 0.05) is 18.0 Å². The number of amides is 1. The molecule has 0 radical (unpaired) electrons. The van der Waals surface area contributed by atoms with Crippen LogP contribution in [0, 0.1) is 0 Å². The van der Waals surface area contributed by atoms with E-state index in [1.165, 1.54) is 0 Å². The lowest BCUT2D eigenvalue weighted by Gasteiger charge is -2.21. The Morgan fingerprint density at radius 1 is 1.22 bits per heavy atom. The van der Waals surface area contributed by atoms with Gasteiger partial charge in [-0.2, -0.15) is 0 Å². The third-order valence-corrected chi connectivity index (χ3v) is 3.37. The second-order valence-electron chi connectivity index (χ2n) is 6.84. The minimum absolute atomic E-state index is 0.0117. The van der Waals surface area contributed by atoms with E-state index in [0.29, 0.717) is 17.9 Å². The lowest BCUT2D eigenvalue weighted by Crippen LogP contribution is -2.38. The van der Waals surface area contributed by atoms with Gasteiger partial charge >= 0.3 is 0 Å². The zero-order valence-electron chi connectivity index (χ0n) is 15.0. The molecule has 1 atom stereocenters. The highest BCUT2D eigenvalue weighted by Crippen LogP contribution is 2.23. The predicted octanol–water partition coefficient (Wildman–Crippen LogP) is 2.78. The summed E-state index contributed by atoms with van der Waals surface area (Å²) in [6.45, 7) is 10.4. The normalized spacial score (nSPS) is 12.7. The molecule has 130 valence electrons. The molecule has 1 aromatic carbocycles. The molecule has 1 aromatic rings. The molecule has 0 saturated carbocycles. The average Bonchev–Trinajstić information content (AvgIpc) is 2.46. The van der Waals surface area contributed by atoms with Crippen molar-refractivity contribution >= 4 is 11.6 Å². The summed E-state index contributed by atoms with van der Waals surface area (Å²) in [7, 11) is 1.60. The van der Waals surface area contributed by atoms with Gasteiger partial charge in [-0.25, -0.2) is 0 Å². The number of ether oxygens (including phenoxy) is 1. The molecule has 0 aliphatic heterocycles. The van der Waals surface area contributed by atoms with Gasteiger partial charge in [0.15, 0.2) is 0 Å². The molecule has 5 nitrogen and oxygen atoms in total. The standard InChI is InChI=1S/C18H31N3O2/c1-14(19-11-8-12-20-18(2,3)4)13-17(22)21-15-9-6-7-10-16(15)23-5/h6-7,9-10,14,19-20H,8,11-13H2,1-5H3,(H,21,22)/t14-/m1/s1. The molecule has 0 aliphatic rings. The van der Waals surface area contributed by atoms with Gasteiger partial charge in [-0.05, 0) is 59.3 Å². The van der Waals surface area contributed by atoms with Gasteiger partial charge in [0.2, 0.25) is 5.91 Å². The maximum atomic E-state index is 12.1. The van der Waals surface area contributed by atoms with Crippen LogP contribution in [0.2, 0.25) is 0 Å². The Bertz CT molecular complexity index is 483. The Morgan fingerprint density at radius 2 is 1.91 bits per heavy atom. The number of benzene rings is 1. The van der Waals surface area contributed by atoms with E-state index < -0.39 is 0 Å². The van der Waals surface area contributed by atoms with Crippen LogP contribution in [0.4, 0.5) is 5.69 Å². The van der Waals surface area contributed by atoms with Crippen molar-refractivity contribution in [2.24, 2.45) is 0 Å². The van der Waals surface area contributed by atoms with E-state index in [4.69, 9.17) is 4.74 Å². The quantitative estimate of drug-likeness (QED) is 0.612. The average molecular weight is 321 g/mol. The van der Waals surface area contributed by atoms with Crippen LogP contribution < -0.4 is 20.7 Å². The Balaban J connectivity index is 2.26. The number of hydrogen-bond acceptors (Lipinski definition) is 4. The van der Waals surface area contributed by atoms with Crippen molar-refractivity contribution < 1.29 is 9.53 Å². The first kappa shape index (κ1) is 19.5. The zero-order chi connectivity index (χ0) is 17.3. The smallest absolute Gasteiger partial charge is 0.226 e. The predicted molar refractivity (Wildman–Crippen MR) is 96.1 cm³/mol. The topological polar surface area (TPSA) is 62.4 Å². The monoisotopic (exact) mass is 321 g/mol. The molecule has 23 heavy (non-hydrogen) atoms. The second-order valence-corrected chi connectivity index (χ2v) is 6.84. The fourth-order valence-electron chi connectivity index (χ4n) is 2.20. The lowest BCUT2D eigenvalue weighted by atomic mass is 10.1. The summed E-state index contributed by atoms with van der Waals surface area (Å²) in [4.78, 5) is 12.1. The summed E-state index contributed by atoms with van der Waals surface area (Å²) >= 11 is 0. The number of nitrogens with one attached hydrogen (secondary N) is 3. The fourth-order valence-corrected chi connectivity index (χ4v) is 2.20. The molecular formula is C18H31N3O2. The number of carbonyl (C=O) groups excluding carboxylic acids is 1. The molecule has 0 bridgehead atoms. The number of methoxy groups -OCH3 is 1. The molecule has 0 aliphatic carbocycles. The van der Waals surface area contributed by atoms with Crippen molar-refractivity contribution in [2.75, 3.05) is 25.5 Å². The summed E-state index contributed by atoms with van der Waals surface area (Å²) in [6, 6.07) is 7.57. The maximum absolute atomic E-state index is 12.1. The van der Waals surface area contributed by atoms with Crippen LogP contribution in [0.5, 0.6) is 5.75 Å². The molecule has 0 aromatic heterocycles. The van der Waals surface area contributed by atoms with E-state index in [-0.39, 0.29) is 17.5 Å². The van der Waals surface area contributed by atoms with Crippen molar-refractivity contribution in [3.05, 3.63) is 24.3 Å². The highest BCUT2D eigenvalue weighted by atomic mass is 16.5. The van der Waals surface area contributed by atoms with Gasteiger partial charge in [-0.15, -0.1) is 0 Å². The van der Waals surface area contributed by atoms with Crippen LogP contribution in [-0.4, -0.2) is 37.7 Å². The molecule has 1 rings (SSSR count). The van der Waals surface area contributed by atoms with Gasteiger partial charge in [-0.3, -0.25) is 4.79 Å². The van der Waals surface area contributed by atoms with E-state index in [1.54, 1.807) is 7.11 Å². The molecule has 0 spiro atoms. The Morgan fingerprint density at radius 3 is 2.57 bits per heavy atom. The van der Waals surface area contributed by atoms with Gasteiger partial charge in [0.25, 0.3) is 0 Å². The number of carbonyl (C=O) groups is 1. The molecular weight excluding hydrogens is 290 g/mol. The van der Waals surface area contributed by atoms with Gasteiger partial charge in [-0.1, -0.05) is 12.1 Å². The zero-order valence-corrected chi connectivity index (χ0v) is 15.0. The van der Waals surface area contributed by atoms with Gasteiger partial charge in [0.1, 0.15) is 5.75 Å². The largest absolute Gasteiger partial charge is 0.495 e. The van der Waals surface area contributed by atoms with Gasteiger partial charge < -0.3 is 20.7 Å². The van der Waals surface area contributed by atoms with Crippen LogP contribution in [0.3, 0.4) is 0 Å². The SMILES string of the molecule is COc1ccccc1NC(=O)C[C@@H](C)NCCCNC(C)(C)C.